The van der Waals surface area contributed by atoms with E-state index in [1.807, 2.05) is 0 Å². The van der Waals surface area contributed by atoms with E-state index < -0.39 is 53.2 Å². The van der Waals surface area contributed by atoms with Gasteiger partial charge in [0.25, 0.3) is 0 Å². The normalized spacial score (nSPS) is 11.3. The zero-order valence-electron chi connectivity index (χ0n) is 17.4. The van der Waals surface area contributed by atoms with E-state index in [-0.39, 0.29) is 27.5 Å². The van der Waals surface area contributed by atoms with Crippen LogP contribution in [0.25, 0.3) is 21.9 Å². The monoisotopic (exact) mass is 492 g/mol. The highest BCUT2D eigenvalue weighted by molar-refractivity contribution is 5.85. The summed E-state index contributed by atoms with van der Waals surface area (Å²) in [5.41, 5.74) is -0.804. The van der Waals surface area contributed by atoms with Gasteiger partial charge in [0.05, 0.1) is 5.56 Å². The topological polar surface area (TPSA) is 9.23 Å². The van der Waals surface area contributed by atoms with Gasteiger partial charge in [0.2, 0.25) is 0 Å². The first-order valence-corrected chi connectivity index (χ1v) is 9.91. The first kappa shape index (κ1) is 24.1. The zero-order valence-corrected chi connectivity index (χ0v) is 17.4. The number of halogens is 8. The molecule has 4 aromatic carbocycles. The zero-order chi connectivity index (χ0) is 25.3. The Labute approximate surface area is 193 Å². The lowest BCUT2D eigenvalue weighted by Gasteiger charge is -2.12. The fourth-order valence-electron chi connectivity index (χ4n) is 3.42. The SMILES string of the molecule is Fc1ccccc1-c1cc(F)c(OCc2ccc3c(F)c(C#CC(F)(F)F)c(F)cc3c2)c(F)c1. The lowest BCUT2D eigenvalue weighted by molar-refractivity contribution is -0.0696. The van der Waals surface area contributed by atoms with Gasteiger partial charge < -0.3 is 4.74 Å². The predicted molar refractivity (Wildman–Crippen MR) is 113 cm³/mol. The van der Waals surface area contributed by atoms with Crippen molar-refractivity contribution in [2.75, 3.05) is 0 Å². The molecule has 0 atom stereocenters. The maximum atomic E-state index is 14.5. The number of ether oxygens (including phenoxy) is 1. The van der Waals surface area contributed by atoms with E-state index in [4.69, 9.17) is 4.74 Å². The van der Waals surface area contributed by atoms with E-state index in [9.17, 15) is 35.1 Å². The van der Waals surface area contributed by atoms with E-state index in [0.29, 0.717) is 0 Å². The molecule has 0 saturated heterocycles. The Bertz CT molecular complexity index is 1470. The van der Waals surface area contributed by atoms with Crippen LogP contribution in [0.3, 0.4) is 0 Å². The van der Waals surface area contributed by atoms with Crippen molar-refractivity contribution >= 4 is 10.8 Å². The van der Waals surface area contributed by atoms with Crippen LogP contribution in [0.15, 0.2) is 60.7 Å². The summed E-state index contributed by atoms with van der Waals surface area (Å²) < 4.78 is 114. The van der Waals surface area contributed by atoms with Gasteiger partial charge in [-0.05, 0) is 46.8 Å². The van der Waals surface area contributed by atoms with Gasteiger partial charge in [-0.3, -0.25) is 0 Å². The summed E-state index contributed by atoms with van der Waals surface area (Å²) in [5.74, 6) is -3.88. The second kappa shape index (κ2) is 9.29. The Morgan fingerprint density at radius 2 is 1.43 bits per heavy atom. The number of rotatable bonds is 4. The molecule has 0 heterocycles. The van der Waals surface area contributed by atoms with Crippen LogP contribution < -0.4 is 4.74 Å². The van der Waals surface area contributed by atoms with Crippen molar-refractivity contribution in [1.82, 2.24) is 0 Å². The van der Waals surface area contributed by atoms with Crippen molar-refractivity contribution in [3.63, 3.8) is 0 Å². The molecule has 0 unspecified atom stereocenters. The molecule has 0 N–H and O–H groups in total. The van der Waals surface area contributed by atoms with E-state index in [0.717, 1.165) is 36.3 Å². The lowest BCUT2D eigenvalue weighted by Crippen LogP contribution is -2.03. The highest BCUT2D eigenvalue weighted by Crippen LogP contribution is 2.31. The average Bonchev–Trinajstić information content (AvgIpc) is 2.77. The highest BCUT2D eigenvalue weighted by atomic mass is 19.4. The molecule has 4 aromatic rings. The Hall–Kier alpha value is -4.06. The molecular formula is C26H12F8O. The summed E-state index contributed by atoms with van der Waals surface area (Å²) in [6.45, 7) is -0.401. The highest BCUT2D eigenvalue weighted by Gasteiger charge is 2.24. The number of benzene rings is 4. The van der Waals surface area contributed by atoms with Gasteiger partial charge in [0.15, 0.2) is 17.4 Å². The second-order valence-electron chi connectivity index (χ2n) is 7.39. The standard InChI is InChI=1S/C26H12F8O/c27-20-4-2-1-3-17(20)16-11-22(29)25(23(30)12-16)35-13-14-5-6-18-15(9-14)10-21(28)19(24(18)31)7-8-26(32,33)34/h1-6,9-12H,13H2. The van der Waals surface area contributed by atoms with Crippen LogP contribution in [0, 0.1) is 40.9 Å². The van der Waals surface area contributed by atoms with Gasteiger partial charge in [0.1, 0.15) is 24.1 Å². The van der Waals surface area contributed by atoms with Crippen molar-refractivity contribution in [3.8, 4) is 28.7 Å². The summed E-state index contributed by atoms with van der Waals surface area (Å²) in [7, 11) is 0. The summed E-state index contributed by atoms with van der Waals surface area (Å²) in [4.78, 5) is 0. The minimum absolute atomic E-state index is 0.00488. The molecule has 9 heteroatoms. The minimum Gasteiger partial charge on any atom is -0.483 e. The number of hydrogen-bond acceptors (Lipinski definition) is 1. The molecular weight excluding hydrogens is 480 g/mol. The number of alkyl halides is 3. The van der Waals surface area contributed by atoms with Crippen LogP contribution in [0.1, 0.15) is 11.1 Å². The van der Waals surface area contributed by atoms with Gasteiger partial charge in [0, 0.05) is 16.9 Å². The molecule has 0 amide bonds. The van der Waals surface area contributed by atoms with Gasteiger partial charge in [-0.15, -0.1) is 0 Å². The Balaban J connectivity index is 1.60. The Kier molecular flexibility index (Phi) is 6.39. The summed E-state index contributed by atoms with van der Waals surface area (Å²) in [6.07, 6.45) is -4.92. The van der Waals surface area contributed by atoms with Gasteiger partial charge in [-0.1, -0.05) is 36.3 Å². The molecule has 178 valence electrons. The first-order valence-electron chi connectivity index (χ1n) is 9.91. The van der Waals surface area contributed by atoms with Crippen LogP contribution in [0.2, 0.25) is 0 Å². The largest absolute Gasteiger partial charge is 0.483 e. The number of hydrogen-bond donors (Lipinski definition) is 0. The van der Waals surface area contributed by atoms with Crippen molar-refractivity contribution < 1.29 is 39.9 Å². The minimum atomic E-state index is -4.92. The molecule has 0 spiro atoms. The van der Waals surface area contributed by atoms with Crippen LogP contribution in [-0.2, 0) is 6.61 Å². The number of fused-ring (bicyclic) bond motifs is 1. The van der Waals surface area contributed by atoms with Crippen LogP contribution in [-0.4, -0.2) is 6.18 Å². The summed E-state index contributed by atoms with van der Waals surface area (Å²) in [6, 6.07) is 11.8. The molecule has 1 nitrogen and oxygen atoms in total. The van der Waals surface area contributed by atoms with Crippen molar-refractivity contribution in [2.45, 2.75) is 12.8 Å². The Morgan fingerprint density at radius 1 is 0.743 bits per heavy atom. The molecule has 0 aromatic heterocycles. The maximum absolute atomic E-state index is 14.5. The quantitative estimate of drug-likeness (QED) is 0.210. The molecule has 4 rings (SSSR count). The van der Waals surface area contributed by atoms with Crippen LogP contribution in [0.4, 0.5) is 35.1 Å². The third-order valence-electron chi connectivity index (χ3n) is 4.99. The van der Waals surface area contributed by atoms with E-state index in [1.54, 1.807) is 0 Å². The molecule has 0 saturated carbocycles. The molecule has 0 bridgehead atoms. The van der Waals surface area contributed by atoms with Crippen LogP contribution in [0.5, 0.6) is 5.75 Å². The smallest absolute Gasteiger partial charge is 0.458 e. The van der Waals surface area contributed by atoms with E-state index >= 15 is 0 Å². The average molecular weight is 492 g/mol. The third-order valence-corrected chi connectivity index (χ3v) is 4.99. The fourth-order valence-corrected chi connectivity index (χ4v) is 3.42. The molecule has 0 aliphatic rings. The summed E-state index contributed by atoms with van der Waals surface area (Å²) >= 11 is 0. The molecule has 0 aliphatic heterocycles. The molecule has 0 fully saturated rings. The fraction of sp³-hybridized carbons (Fsp3) is 0.0769. The van der Waals surface area contributed by atoms with Crippen molar-refractivity contribution in [2.24, 2.45) is 0 Å². The summed E-state index contributed by atoms with van der Waals surface area (Å²) in [5, 5.41) is -0.220. The predicted octanol–water partition coefficient (Wildman–Crippen LogP) is 7.70. The van der Waals surface area contributed by atoms with Crippen LogP contribution >= 0.6 is 0 Å². The van der Waals surface area contributed by atoms with Gasteiger partial charge in [-0.2, -0.15) is 13.2 Å². The second-order valence-corrected chi connectivity index (χ2v) is 7.39. The lowest BCUT2D eigenvalue weighted by atomic mass is 10.0. The Morgan fingerprint density at radius 3 is 2.09 bits per heavy atom. The molecule has 0 aliphatic carbocycles. The molecule has 35 heavy (non-hydrogen) atoms. The van der Waals surface area contributed by atoms with Gasteiger partial charge >= 0.3 is 6.18 Å². The van der Waals surface area contributed by atoms with E-state index in [1.165, 1.54) is 36.3 Å². The third kappa shape index (κ3) is 5.22. The van der Waals surface area contributed by atoms with Crippen molar-refractivity contribution in [3.05, 3.63) is 101 Å². The van der Waals surface area contributed by atoms with Crippen molar-refractivity contribution in [1.29, 1.82) is 0 Å². The first-order chi connectivity index (χ1) is 16.5. The maximum Gasteiger partial charge on any atom is 0.458 e. The molecule has 0 radical (unpaired) electrons. The van der Waals surface area contributed by atoms with Gasteiger partial charge in [-0.25, -0.2) is 22.0 Å². The van der Waals surface area contributed by atoms with E-state index in [2.05, 4.69) is 0 Å².